The lowest BCUT2D eigenvalue weighted by atomic mass is 10.2. The summed E-state index contributed by atoms with van der Waals surface area (Å²) in [6, 6.07) is 0. The van der Waals surface area contributed by atoms with Gasteiger partial charge in [-0.25, -0.2) is 0 Å². The maximum absolute atomic E-state index is 10.3. The van der Waals surface area contributed by atoms with Crippen LogP contribution in [0.2, 0.25) is 0 Å². The van der Waals surface area contributed by atoms with Crippen molar-refractivity contribution in [3.05, 3.63) is 0 Å². The molecule has 0 N–H and O–H groups in total. The zero-order valence-electron chi connectivity index (χ0n) is 9.18. The molecule has 1 fully saturated rings. The monoisotopic (exact) mass is 228 g/mol. The fourth-order valence-corrected chi connectivity index (χ4v) is 1.74. The largest absolute Gasteiger partial charge is 0.550 e. The van der Waals surface area contributed by atoms with Crippen LogP contribution < -0.4 is 10.2 Å². The number of piperazine rings is 1. The molecule has 0 aromatic heterocycles. The van der Waals surface area contributed by atoms with Gasteiger partial charge in [0, 0.05) is 51.2 Å². The van der Waals surface area contributed by atoms with Crippen molar-refractivity contribution in [2.45, 2.75) is 12.8 Å². The van der Waals surface area contributed by atoms with E-state index in [-0.39, 0.29) is 12.8 Å². The van der Waals surface area contributed by atoms with Gasteiger partial charge in [-0.05, 0) is 12.8 Å². The van der Waals surface area contributed by atoms with Crippen LogP contribution in [0, 0.1) is 0 Å². The highest BCUT2D eigenvalue weighted by Crippen LogP contribution is 2.02. The quantitative estimate of drug-likeness (QED) is 0.478. The fraction of sp³-hybridized carbons (Fsp3) is 0.800. The molecular weight excluding hydrogens is 212 g/mol. The lowest BCUT2D eigenvalue weighted by Gasteiger charge is -2.34. The fourth-order valence-electron chi connectivity index (χ4n) is 1.74. The number of carbonyl (C=O) groups is 2. The van der Waals surface area contributed by atoms with Gasteiger partial charge in [-0.2, -0.15) is 0 Å². The number of hydrogen-bond donors (Lipinski definition) is 0. The zero-order valence-corrected chi connectivity index (χ0v) is 9.18. The van der Waals surface area contributed by atoms with Crippen LogP contribution in [0.5, 0.6) is 0 Å². The third-order valence-electron chi connectivity index (χ3n) is 2.73. The van der Waals surface area contributed by atoms with Crippen LogP contribution in [-0.2, 0) is 9.59 Å². The van der Waals surface area contributed by atoms with Crippen LogP contribution in [0.4, 0.5) is 0 Å². The molecule has 0 radical (unpaired) electrons. The molecule has 1 aliphatic rings. The maximum atomic E-state index is 10.3. The maximum Gasteiger partial charge on any atom is 0.0427 e. The second-order valence-corrected chi connectivity index (χ2v) is 3.93. The number of rotatable bonds is 6. The predicted octanol–water partition coefficient (Wildman–Crippen LogP) is -3.12. The van der Waals surface area contributed by atoms with Gasteiger partial charge in [-0.1, -0.05) is 0 Å². The SMILES string of the molecule is O=C([O-])CCN1CCN(CCC(=O)[O-])CC1. The Bertz CT molecular complexity index is 223. The first-order valence-corrected chi connectivity index (χ1v) is 5.42. The van der Waals surface area contributed by atoms with Gasteiger partial charge in [0.15, 0.2) is 0 Å². The van der Waals surface area contributed by atoms with Gasteiger partial charge in [0.05, 0.1) is 0 Å². The number of carboxylic acid groups (broad SMARTS) is 2. The standard InChI is InChI=1S/C10H18N2O4/c13-9(14)1-3-11-5-7-12(8-6-11)4-2-10(15)16/h1-8H2,(H,13,14)(H,15,16)/p-2. The third-order valence-corrected chi connectivity index (χ3v) is 2.73. The molecule has 1 saturated heterocycles. The summed E-state index contributed by atoms with van der Waals surface area (Å²) in [7, 11) is 0. The summed E-state index contributed by atoms with van der Waals surface area (Å²) >= 11 is 0. The van der Waals surface area contributed by atoms with Crippen molar-refractivity contribution in [1.82, 2.24) is 9.80 Å². The van der Waals surface area contributed by atoms with Crippen LogP contribution in [0.15, 0.2) is 0 Å². The van der Waals surface area contributed by atoms with Crippen molar-refractivity contribution in [3.63, 3.8) is 0 Å². The van der Waals surface area contributed by atoms with Crippen LogP contribution in [0.1, 0.15) is 12.8 Å². The van der Waals surface area contributed by atoms with E-state index in [0.717, 1.165) is 26.2 Å². The lowest BCUT2D eigenvalue weighted by molar-refractivity contribution is -0.307. The number of aliphatic carboxylic acids is 2. The van der Waals surface area contributed by atoms with E-state index in [1.165, 1.54) is 0 Å². The Morgan fingerprint density at radius 1 is 0.812 bits per heavy atom. The van der Waals surface area contributed by atoms with E-state index in [1.54, 1.807) is 0 Å². The molecule has 0 spiro atoms. The first-order valence-electron chi connectivity index (χ1n) is 5.42. The first-order chi connectivity index (χ1) is 7.58. The van der Waals surface area contributed by atoms with Crippen LogP contribution in [0.25, 0.3) is 0 Å². The van der Waals surface area contributed by atoms with Crippen molar-refractivity contribution in [2.24, 2.45) is 0 Å². The molecule has 0 aromatic carbocycles. The molecule has 0 aromatic rings. The van der Waals surface area contributed by atoms with E-state index < -0.39 is 11.9 Å². The van der Waals surface area contributed by atoms with E-state index in [1.807, 2.05) is 9.80 Å². The Kier molecular flexibility index (Phi) is 5.21. The molecule has 0 aliphatic carbocycles. The summed E-state index contributed by atoms with van der Waals surface area (Å²) in [6.07, 6.45) is 0.109. The molecule has 16 heavy (non-hydrogen) atoms. The van der Waals surface area contributed by atoms with Gasteiger partial charge in [-0.15, -0.1) is 0 Å². The van der Waals surface area contributed by atoms with Crippen molar-refractivity contribution < 1.29 is 19.8 Å². The number of hydrogen-bond acceptors (Lipinski definition) is 6. The van der Waals surface area contributed by atoms with Crippen LogP contribution in [-0.4, -0.2) is 61.0 Å². The molecule has 0 saturated carbocycles. The van der Waals surface area contributed by atoms with Crippen molar-refractivity contribution >= 4 is 11.9 Å². The summed E-state index contributed by atoms with van der Waals surface area (Å²) in [5.41, 5.74) is 0. The highest BCUT2D eigenvalue weighted by molar-refractivity contribution is 5.64. The Morgan fingerprint density at radius 2 is 1.12 bits per heavy atom. The van der Waals surface area contributed by atoms with Crippen molar-refractivity contribution in [3.8, 4) is 0 Å². The Morgan fingerprint density at radius 3 is 1.38 bits per heavy atom. The molecule has 6 heteroatoms. The van der Waals surface area contributed by atoms with E-state index in [2.05, 4.69) is 0 Å². The molecule has 1 rings (SSSR count). The number of carboxylic acids is 2. The minimum Gasteiger partial charge on any atom is -0.550 e. The van der Waals surface area contributed by atoms with Crippen molar-refractivity contribution in [1.29, 1.82) is 0 Å². The second kappa shape index (κ2) is 6.44. The summed E-state index contributed by atoms with van der Waals surface area (Å²) in [5, 5.41) is 20.5. The molecule has 0 bridgehead atoms. The highest BCUT2D eigenvalue weighted by atomic mass is 16.4. The third kappa shape index (κ3) is 5.09. The lowest BCUT2D eigenvalue weighted by Crippen LogP contribution is -2.48. The Hall–Kier alpha value is -1.14. The van der Waals surface area contributed by atoms with Gasteiger partial charge in [0.2, 0.25) is 0 Å². The second-order valence-electron chi connectivity index (χ2n) is 3.93. The smallest absolute Gasteiger partial charge is 0.0427 e. The van der Waals surface area contributed by atoms with Gasteiger partial charge < -0.3 is 29.6 Å². The highest BCUT2D eigenvalue weighted by Gasteiger charge is 2.15. The van der Waals surface area contributed by atoms with Gasteiger partial charge in [-0.3, -0.25) is 0 Å². The Labute approximate surface area is 94.4 Å². The number of nitrogens with zero attached hydrogens (tertiary/aromatic N) is 2. The molecule has 0 unspecified atom stereocenters. The predicted molar refractivity (Wildman–Crippen MR) is 52.1 cm³/mol. The summed E-state index contributed by atoms with van der Waals surface area (Å²) < 4.78 is 0. The average Bonchev–Trinajstić information content (AvgIpc) is 2.25. The zero-order chi connectivity index (χ0) is 12.0. The normalized spacial score (nSPS) is 18.5. The summed E-state index contributed by atoms with van der Waals surface area (Å²) in [6.45, 7) is 4.13. The van der Waals surface area contributed by atoms with Gasteiger partial charge >= 0.3 is 0 Å². The van der Waals surface area contributed by atoms with Crippen LogP contribution in [0.3, 0.4) is 0 Å². The number of carbonyl (C=O) groups excluding carboxylic acids is 2. The molecular formula is C10H16N2O4-2. The van der Waals surface area contributed by atoms with E-state index in [0.29, 0.717) is 13.1 Å². The molecule has 1 aliphatic heterocycles. The van der Waals surface area contributed by atoms with Gasteiger partial charge in [0.1, 0.15) is 0 Å². The van der Waals surface area contributed by atoms with E-state index in [9.17, 15) is 19.8 Å². The molecule has 1 heterocycles. The van der Waals surface area contributed by atoms with Crippen molar-refractivity contribution in [2.75, 3.05) is 39.3 Å². The molecule has 0 atom stereocenters. The Balaban J connectivity index is 2.13. The average molecular weight is 228 g/mol. The molecule has 6 nitrogen and oxygen atoms in total. The minimum absolute atomic E-state index is 0.0546. The molecule has 0 amide bonds. The van der Waals surface area contributed by atoms with E-state index in [4.69, 9.17) is 0 Å². The summed E-state index contributed by atoms with van der Waals surface area (Å²) in [5.74, 6) is -2.06. The summed E-state index contributed by atoms with van der Waals surface area (Å²) in [4.78, 5) is 24.6. The topological polar surface area (TPSA) is 86.7 Å². The van der Waals surface area contributed by atoms with E-state index >= 15 is 0 Å². The van der Waals surface area contributed by atoms with Crippen LogP contribution >= 0.6 is 0 Å². The first kappa shape index (κ1) is 12.9. The minimum atomic E-state index is -1.03. The van der Waals surface area contributed by atoms with Gasteiger partial charge in [0.25, 0.3) is 0 Å². The molecule has 92 valence electrons.